The van der Waals surface area contributed by atoms with Crippen molar-refractivity contribution in [2.75, 3.05) is 24.9 Å². The van der Waals surface area contributed by atoms with Crippen LogP contribution in [0.2, 0.25) is 0 Å². The van der Waals surface area contributed by atoms with Gasteiger partial charge in [0.15, 0.2) is 22.3 Å². The number of nitrogens with one attached hydrogen (secondary N) is 2. The number of ether oxygens (including phenoxy) is 2. The molecule has 9 nitrogen and oxygen atoms in total. The standard InChI is InChI=1S/C21H24N6O3S/c1-13(2)24-19-15-11-23-27(20(15)26-21(25-19)31-3)9-8-22-18(28)7-5-14-4-6-16-17(10-14)30-12-29-16/h4-7,10-11,13H,8-9,12H2,1-3H3,(H,22,28)(H,24,25,26)/b7-5+. The molecule has 0 radical (unpaired) electrons. The number of rotatable bonds is 8. The number of hydrogen-bond acceptors (Lipinski definition) is 8. The van der Waals surface area contributed by atoms with Crippen molar-refractivity contribution < 1.29 is 14.3 Å². The van der Waals surface area contributed by atoms with E-state index in [1.54, 1.807) is 17.0 Å². The van der Waals surface area contributed by atoms with Crippen LogP contribution in [0.1, 0.15) is 19.4 Å². The molecule has 0 fully saturated rings. The molecule has 1 aliphatic rings. The molecule has 4 rings (SSSR count). The van der Waals surface area contributed by atoms with E-state index in [2.05, 4.69) is 39.5 Å². The summed E-state index contributed by atoms with van der Waals surface area (Å²) in [4.78, 5) is 21.3. The molecule has 0 unspecified atom stereocenters. The molecule has 10 heteroatoms. The molecule has 0 saturated carbocycles. The highest BCUT2D eigenvalue weighted by Crippen LogP contribution is 2.32. The van der Waals surface area contributed by atoms with E-state index in [1.807, 2.05) is 24.5 Å². The lowest BCUT2D eigenvalue weighted by atomic mass is 10.2. The molecule has 1 amide bonds. The Kier molecular flexibility index (Phi) is 6.26. The van der Waals surface area contributed by atoms with E-state index in [0.717, 1.165) is 22.4 Å². The Bertz CT molecular complexity index is 1130. The van der Waals surface area contributed by atoms with E-state index >= 15 is 0 Å². The second kappa shape index (κ2) is 9.25. The maximum absolute atomic E-state index is 12.2. The van der Waals surface area contributed by atoms with E-state index in [9.17, 15) is 4.79 Å². The SMILES string of the molecule is CSc1nc(NC(C)C)c2cnn(CCNC(=O)/C=C/c3ccc4c(c3)OCO4)c2n1. The van der Waals surface area contributed by atoms with Crippen LogP contribution in [0.25, 0.3) is 17.1 Å². The third kappa shape index (κ3) is 4.91. The molecule has 0 atom stereocenters. The van der Waals surface area contributed by atoms with Crippen molar-refractivity contribution in [3.63, 3.8) is 0 Å². The van der Waals surface area contributed by atoms with Crippen molar-refractivity contribution in [1.82, 2.24) is 25.1 Å². The Balaban J connectivity index is 1.38. The fourth-order valence-electron chi connectivity index (χ4n) is 3.11. The molecular weight excluding hydrogens is 416 g/mol. The summed E-state index contributed by atoms with van der Waals surface area (Å²) in [6.45, 7) is 5.27. The van der Waals surface area contributed by atoms with Crippen LogP contribution in [0.5, 0.6) is 11.5 Å². The zero-order chi connectivity index (χ0) is 21.8. The highest BCUT2D eigenvalue weighted by Gasteiger charge is 2.14. The van der Waals surface area contributed by atoms with Gasteiger partial charge in [-0.2, -0.15) is 5.10 Å². The fraction of sp³-hybridized carbons (Fsp3) is 0.333. The average Bonchev–Trinajstić information content (AvgIpc) is 3.38. The Morgan fingerprint density at radius 3 is 2.94 bits per heavy atom. The predicted octanol–water partition coefficient (Wildman–Crippen LogP) is 2.93. The molecule has 3 aromatic rings. The van der Waals surface area contributed by atoms with E-state index in [-0.39, 0.29) is 18.7 Å². The minimum Gasteiger partial charge on any atom is -0.454 e. The quantitative estimate of drug-likeness (QED) is 0.313. The summed E-state index contributed by atoms with van der Waals surface area (Å²) in [7, 11) is 0. The van der Waals surface area contributed by atoms with Crippen molar-refractivity contribution in [1.29, 1.82) is 0 Å². The lowest BCUT2D eigenvalue weighted by molar-refractivity contribution is -0.116. The molecule has 0 bridgehead atoms. The van der Waals surface area contributed by atoms with E-state index in [4.69, 9.17) is 9.47 Å². The van der Waals surface area contributed by atoms with Crippen molar-refractivity contribution >= 4 is 40.6 Å². The van der Waals surface area contributed by atoms with Gasteiger partial charge in [-0.3, -0.25) is 4.79 Å². The van der Waals surface area contributed by atoms with Crippen LogP contribution in [0.4, 0.5) is 5.82 Å². The molecule has 0 spiro atoms. The maximum Gasteiger partial charge on any atom is 0.244 e. The first-order valence-corrected chi connectivity index (χ1v) is 11.2. The summed E-state index contributed by atoms with van der Waals surface area (Å²) in [5, 5.41) is 12.2. The second-order valence-corrected chi connectivity index (χ2v) is 7.97. The summed E-state index contributed by atoms with van der Waals surface area (Å²) in [5.41, 5.74) is 1.61. The van der Waals surface area contributed by atoms with Gasteiger partial charge in [0.2, 0.25) is 12.7 Å². The van der Waals surface area contributed by atoms with Gasteiger partial charge in [-0.05, 0) is 43.9 Å². The van der Waals surface area contributed by atoms with Crippen LogP contribution >= 0.6 is 11.8 Å². The Morgan fingerprint density at radius 2 is 2.13 bits per heavy atom. The summed E-state index contributed by atoms with van der Waals surface area (Å²) in [6, 6.07) is 5.79. The van der Waals surface area contributed by atoms with Crippen molar-refractivity contribution in [2.24, 2.45) is 0 Å². The molecule has 2 aromatic heterocycles. The Hall–Kier alpha value is -3.27. The zero-order valence-corrected chi connectivity index (χ0v) is 18.4. The fourth-order valence-corrected chi connectivity index (χ4v) is 3.47. The number of benzene rings is 1. The zero-order valence-electron chi connectivity index (χ0n) is 17.6. The van der Waals surface area contributed by atoms with Crippen molar-refractivity contribution in [3.8, 4) is 11.5 Å². The van der Waals surface area contributed by atoms with E-state index in [1.165, 1.54) is 17.8 Å². The number of aromatic nitrogens is 4. The number of fused-ring (bicyclic) bond motifs is 2. The molecule has 1 aliphatic heterocycles. The number of nitrogens with zero attached hydrogens (tertiary/aromatic N) is 4. The monoisotopic (exact) mass is 440 g/mol. The first kappa shape index (κ1) is 21.0. The molecule has 2 N–H and O–H groups in total. The Labute approximate surface area is 184 Å². The summed E-state index contributed by atoms with van der Waals surface area (Å²) in [5.74, 6) is 1.99. The van der Waals surface area contributed by atoms with E-state index < -0.39 is 0 Å². The summed E-state index contributed by atoms with van der Waals surface area (Å²) < 4.78 is 12.4. The van der Waals surface area contributed by atoms with Gasteiger partial charge in [-0.15, -0.1) is 0 Å². The Morgan fingerprint density at radius 1 is 1.29 bits per heavy atom. The third-order valence-corrected chi connectivity index (χ3v) is 5.08. The first-order valence-electron chi connectivity index (χ1n) is 9.93. The van der Waals surface area contributed by atoms with Crippen LogP contribution in [0.3, 0.4) is 0 Å². The van der Waals surface area contributed by atoms with Gasteiger partial charge in [0.1, 0.15) is 5.82 Å². The maximum atomic E-state index is 12.2. The minimum absolute atomic E-state index is 0.185. The number of thioether (sulfide) groups is 1. The smallest absolute Gasteiger partial charge is 0.244 e. The lowest BCUT2D eigenvalue weighted by Crippen LogP contribution is -2.25. The molecule has 162 valence electrons. The topological polar surface area (TPSA) is 103 Å². The summed E-state index contributed by atoms with van der Waals surface area (Å²) in [6.07, 6.45) is 6.93. The largest absolute Gasteiger partial charge is 0.454 e. The van der Waals surface area contributed by atoms with Crippen molar-refractivity contribution in [3.05, 3.63) is 36.0 Å². The second-order valence-electron chi connectivity index (χ2n) is 7.20. The number of amides is 1. The van der Waals surface area contributed by atoms with Gasteiger partial charge >= 0.3 is 0 Å². The van der Waals surface area contributed by atoms with Gasteiger partial charge in [0.25, 0.3) is 0 Å². The normalized spacial score (nSPS) is 12.8. The van der Waals surface area contributed by atoms with Crippen LogP contribution in [-0.4, -0.2) is 51.3 Å². The first-order chi connectivity index (χ1) is 15.0. The number of carbonyl (C=O) groups is 1. The highest BCUT2D eigenvalue weighted by molar-refractivity contribution is 7.98. The van der Waals surface area contributed by atoms with Crippen LogP contribution in [-0.2, 0) is 11.3 Å². The van der Waals surface area contributed by atoms with Crippen LogP contribution in [0.15, 0.2) is 35.6 Å². The molecule has 1 aromatic carbocycles. The van der Waals surface area contributed by atoms with Gasteiger partial charge in [-0.1, -0.05) is 17.8 Å². The lowest BCUT2D eigenvalue weighted by Gasteiger charge is -2.11. The van der Waals surface area contributed by atoms with Gasteiger partial charge in [0, 0.05) is 18.7 Å². The molecule has 3 heterocycles. The van der Waals surface area contributed by atoms with E-state index in [0.29, 0.717) is 29.7 Å². The van der Waals surface area contributed by atoms with Crippen LogP contribution in [0, 0.1) is 0 Å². The third-order valence-electron chi connectivity index (χ3n) is 4.53. The predicted molar refractivity (Wildman–Crippen MR) is 120 cm³/mol. The number of carbonyl (C=O) groups excluding carboxylic acids is 1. The average molecular weight is 441 g/mol. The van der Waals surface area contributed by atoms with Gasteiger partial charge in [0.05, 0.1) is 18.1 Å². The molecule has 31 heavy (non-hydrogen) atoms. The minimum atomic E-state index is -0.185. The molecular formula is C21H24N6O3S. The van der Waals surface area contributed by atoms with Gasteiger partial charge in [-0.25, -0.2) is 14.6 Å². The van der Waals surface area contributed by atoms with Crippen molar-refractivity contribution in [2.45, 2.75) is 31.6 Å². The van der Waals surface area contributed by atoms with Gasteiger partial charge < -0.3 is 20.1 Å². The molecule has 0 aliphatic carbocycles. The molecule has 0 saturated heterocycles. The number of anilines is 1. The van der Waals surface area contributed by atoms with Crippen LogP contribution < -0.4 is 20.1 Å². The highest BCUT2D eigenvalue weighted by atomic mass is 32.2. The summed E-state index contributed by atoms with van der Waals surface area (Å²) >= 11 is 1.48. The number of hydrogen-bond donors (Lipinski definition) is 2.